The highest BCUT2D eigenvalue weighted by molar-refractivity contribution is 8.26. The summed E-state index contributed by atoms with van der Waals surface area (Å²) >= 11 is 18.6. The van der Waals surface area contributed by atoms with Gasteiger partial charge in [-0.3, -0.25) is 9.69 Å². The number of carbonyl (C=O) groups excluding carboxylic acids is 1. The number of ether oxygens (including phenoxy) is 2. The Morgan fingerprint density at radius 1 is 1.36 bits per heavy atom. The molecule has 1 fully saturated rings. The van der Waals surface area contributed by atoms with E-state index in [2.05, 4.69) is 0 Å². The number of hydrogen-bond donors (Lipinski definition) is 0. The highest BCUT2D eigenvalue weighted by Gasteiger charge is 2.31. The number of rotatable bonds is 5. The number of thioether (sulfide) groups is 1. The Bertz CT molecular complexity index is 649. The topological polar surface area (TPSA) is 38.8 Å². The Hall–Kier alpha value is -0.790. The molecule has 0 bridgehead atoms. The van der Waals surface area contributed by atoms with Crippen molar-refractivity contribution in [2.75, 3.05) is 27.4 Å². The van der Waals surface area contributed by atoms with Gasteiger partial charge in [0, 0.05) is 17.7 Å². The van der Waals surface area contributed by atoms with E-state index in [1.165, 1.54) is 23.8 Å². The van der Waals surface area contributed by atoms with Crippen LogP contribution in [0.4, 0.5) is 0 Å². The van der Waals surface area contributed by atoms with Crippen LogP contribution in [0.2, 0.25) is 10.0 Å². The number of nitrogens with zero attached hydrogens (tertiary/aromatic N) is 1. The number of methoxy groups -OCH3 is 2. The van der Waals surface area contributed by atoms with E-state index < -0.39 is 0 Å². The van der Waals surface area contributed by atoms with Gasteiger partial charge in [0.15, 0.2) is 0 Å². The molecule has 0 aliphatic carbocycles. The lowest BCUT2D eigenvalue weighted by molar-refractivity contribution is -0.122. The van der Waals surface area contributed by atoms with Crippen LogP contribution in [0.25, 0.3) is 6.08 Å². The second-order valence-corrected chi connectivity index (χ2v) is 6.86. The summed E-state index contributed by atoms with van der Waals surface area (Å²) in [7, 11) is 3.09. The molecule has 0 N–H and O–H groups in total. The van der Waals surface area contributed by atoms with Crippen LogP contribution in [0.3, 0.4) is 0 Å². The average Bonchev–Trinajstić information content (AvgIpc) is 2.71. The minimum atomic E-state index is -0.162. The molecule has 118 valence electrons. The number of thiocarbonyl (C=S) groups is 1. The summed E-state index contributed by atoms with van der Waals surface area (Å²) in [5, 5.41) is 0.850. The predicted octanol–water partition coefficient (Wildman–Crippen LogP) is 3.85. The lowest BCUT2D eigenvalue weighted by Crippen LogP contribution is -2.31. The predicted molar refractivity (Wildman–Crippen MR) is 94.8 cm³/mol. The van der Waals surface area contributed by atoms with Crippen molar-refractivity contribution >= 4 is 63.5 Å². The molecule has 1 aromatic carbocycles. The Balaban J connectivity index is 2.35. The standard InChI is InChI=1S/C14H13Cl2NO3S2/c1-19-4-3-17-13(18)11(22-14(17)21)6-8-5-9(15)7-10(16)12(8)20-2/h5-7H,3-4H2,1-2H3/b11-6-. The van der Waals surface area contributed by atoms with Gasteiger partial charge in [0.2, 0.25) is 0 Å². The van der Waals surface area contributed by atoms with Crippen LogP contribution in [0, 0.1) is 0 Å². The second kappa shape index (κ2) is 7.66. The Morgan fingerprint density at radius 2 is 2.09 bits per heavy atom. The van der Waals surface area contributed by atoms with Crippen molar-refractivity contribution in [3.63, 3.8) is 0 Å². The molecule has 22 heavy (non-hydrogen) atoms. The molecule has 0 unspecified atom stereocenters. The van der Waals surface area contributed by atoms with Crippen molar-refractivity contribution < 1.29 is 14.3 Å². The van der Waals surface area contributed by atoms with E-state index in [1.807, 2.05) is 0 Å². The van der Waals surface area contributed by atoms with Crippen LogP contribution >= 0.6 is 47.2 Å². The van der Waals surface area contributed by atoms with Crippen molar-refractivity contribution in [1.82, 2.24) is 4.90 Å². The molecule has 1 amide bonds. The van der Waals surface area contributed by atoms with Crippen LogP contribution in [-0.4, -0.2) is 42.5 Å². The Morgan fingerprint density at radius 3 is 2.73 bits per heavy atom. The van der Waals surface area contributed by atoms with Crippen LogP contribution in [0.15, 0.2) is 17.0 Å². The first-order valence-electron chi connectivity index (χ1n) is 6.25. The van der Waals surface area contributed by atoms with Gasteiger partial charge in [0.05, 0.1) is 30.2 Å². The maximum atomic E-state index is 12.4. The van der Waals surface area contributed by atoms with Gasteiger partial charge in [-0.05, 0) is 18.2 Å². The first kappa shape index (κ1) is 17.6. The first-order chi connectivity index (χ1) is 10.5. The highest BCUT2D eigenvalue weighted by Crippen LogP contribution is 2.37. The number of amides is 1. The quantitative estimate of drug-likeness (QED) is 0.575. The van der Waals surface area contributed by atoms with Crippen LogP contribution in [0.5, 0.6) is 5.75 Å². The minimum absolute atomic E-state index is 0.162. The molecule has 0 saturated carbocycles. The smallest absolute Gasteiger partial charge is 0.266 e. The van der Waals surface area contributed by atoms with E-state index in [0.29, 0.717) is 43.7 Å². The largest absolute Gasteiger partial charge is 0.495 e. The summed E-state index contributed by atoms with van der Waals surface area (Å²) in [5.41, 5.74) is 0.632. The van der Waals surface area contributed by atoms with Gasteiger partial charge in [-0.25, -0.2) is 0 Å². The van der Waals surface area contributed by atoms with Crippen LogP contribution < -0.4 is 4.74 Å². The SMILES string of the molecule is COCCN1C(=O)/C(=C/c2cc(Cl)cc(Cl)c2OC)SC1=S. The van der Waals surface area contributed by atoms with Crippen molar-refractivity contribution in [1.29, 1.82) is 0 Å². The summed E-state index contributed by atoms with van der Waals surface area (Å²) in [4.78, 5) is 14.4. The lowest BCUT2D eigenvalue weighted by Gasteiger charge is -2.13. The molecule has 1 saturated heterocycles. The lowest BCUT2D eigenvalue weighted by atomic mass is 10.2. The molecule has 1 aliphatic heterocycles. The van der Waals surface area contributed by atoms with Crippen molar-refractivity contribution in [2.24, 2.45) is 0 Å². The molecule has 0 atom stereocenters. The first-order valence-corrected chi connectivity index (χ1v) is 8.23. The monoisotopic (exact) mass is 377 g/mol. The molecule has 2 rings (SSSR count). The third kappa shape index (κ3) is 3.75. The van der Waals surface area contributed by atoms with Gasteiger partial charge in [-0.2, -0.15) is 0 Å². The fourth-order valence-corrected chi connectivity index (χ4v) is 3.81. The molecule has 0 radical (unpaired) electrons. The fraction of sp³-hybridized carbons (Fsp3) is 0.286. The van der Waals surface area contributed by atoms with Gasteiger partial charge < -0.3 is 9.47 Å². The average molecular weight is 378 g/mol. The fourth-order valence-electron chi connectivity index (χ4n) is 1.92. The van der Waals surface area contributed by atoms with E-state index in [-0.39, 0.29) is 5.91 Å². The van der Waals surface area contributed by atoms with Crippen molar-refractivity contribution in [2.45, 2.75) is 0 Å². The van der Waals surface area contributed by atoms with E-state index in [0.717, 1.165) is 0 Å². The van der Waals surface area contributed by atoms with Crippen LogP contribution in [0.1, 0.15) is 5.56 Å². The summed E-state index contributed by atoms with van der Waals surface area (Å²) in [6.07, 6.45) is 1.68. The molecule has 1 aromatic rings. The second-order valence-electron chi connectivity index (χ2n) is 4.34. The van der Waals surface area contributed by atoms with E-state index in [9.17, 15) is 4.79 Å². The van der Waals surface area contributed by atoms with Gasteiger partial charge in [0.25, 0.3) is 5.91 Å². The Labute approximate surface area is 148 Å². The third-order valence-corrected chi connectivity index (χ3v) is 4.80. The maximum absolute atomic E-state index is 12.4. The molecule has 0 aromatic heterocycles. The summed E-state index contributed by atoms with van der Waals surface area (Å²) in [5.74, 6) is 0.304. The third-order valence-electron chi connectivity index (χ3n) is 2.92. The zero-order valence-corrected chi connectivity index (χ0v) is 15.0. The van der Waals surface area contributed by atoms with Crippen LogP contribution in [-0.2, 0) is 9.53 Å². The maximum Gasteiger partial charge on any atom is 0.266 e. The summed E-state index contributed by atoms with van der Waals surface area (Å²) in [6.45, 7) is 0.845. The summed E-state index contributed by atoms with van der Waals surface area (Å²) in [6, 6.07) is 3.27. The molecule has 0 spiro atoms. The molecular weight excluding hydrogens is 365 g/mol. The highest BCUT2D eigenvalue weighted by atomic mass is 35.5. The molecule has 1 aliphatic rings. The molecule has 4 nitrogen and oxygen atoms in total. The van der Waals surface area contributed by atoms with Gasteiger partial charge in [-0.15, -0.1) is 0 Å². The van der Waals surface area contributed by atoms with Crippen molar-refractivity contribution in [3.8, 4) is 5.75 Å². The zero-order chi connectivity index (χ0) is 16.3. The molecule has 8 heteroatoms. The van der Waals surface area contributed by atoms with E-state index in [1.54, 1.807) is 25.3 Å². The number of benzene rings is 1. The molecule has 1 heterocycles. The van der Waals surface area contributed by atoms with Gasteiger partial charge >= 0.3 is 0 Å². The minimum Gasteiger partial charge on any atom is -0.495 e. The van der Waals surface area contributed by atoms with E-state index in [4.69, 9.17) is 44.9 Å². The Kier molecular flexibility index (Phi) is 6.11. The van der Waals surface area contributed by atoms with E-state index >= 15 is 0 Å². The number of carbonyl (C=O) groups is 1. The zero-order valence-electron chi connectivity index (χ0n) is 11.9. The summed E-state index contributed by atoms with van der Waals surface area (Å²) < 4.78 is 10.8. The number of hydrogen-bond acceptors (Lipinski definition) is 5. The van der Waals surface area contributed by atoms with Gasteiger partial charge in [-0.1, -0.05) is 47.2 Å². The van der Waals surface area contributed by atoms with Gasteiger partial charge in [0.1, 0.15) is 10.1 Å². The molecular formula is C14H13Cl2NO3S2. The normalized spacial score (nSPS) is 16.7. The van der Waals surface area contributed by atoms with Crippen molar-refractivity contribution in [3.05, 3.63) is 32.6 Å². The number of halogens is 2.